The van der Waals surface area contributed by atoms with Gasteiger partial charge in [0.25, 0.3) is 5.91 Å². The van der Waals surface area contributed by atoms with Crippen LogP contribution in [0.3, 0.4) is 0 Å². The van der Waals surface area contributed by atoms with E-state index in [1.807, 2.05) is 24.3 Å². The van der Waals surface area contributed by atoms with Crippen LogP contribution in [-0.2, 0) is 0 Å². The van der Waals surface area contributed by atoms with Gasteiger partial charge in [0, 0.05) is 28.6 Å². The topological polar surface area (TPSA) is 54.0 Å². The summed E-state index contributed by atoms with van der Waals surface area (Å²) < 4.78 is 0. The quantitative estimate of drug-likeness (QED) is 0.853. The number of rotatable bonds is 5. The molecule has 1 aromatic heterocycles. The second kappa shape index (κ2) is 7.30. The van der Waals surface area contributed by atoms with Gasteiger partial charge in [0.05, 0.1) is 11.1 Å². The van der Waals surface area contributed by atoms with E-state index in [0.717, 1.165) is 36.1 Å². The molecule has 2 heterocycles. The fraction of sp³-hybridized carbons (Fsp3) is 0.500. The predicted molar refractivity (Wildman–Crippen MR) is 101 cm³/mol. The maximum atomic E-state index is 12.8. The van der Waals surface area contributed by atoms with Gasteiger partial charge in [-0.15, -0.1) is 0 Å². The smallest absolute Gasteiger partial charge is 0.252 e. The lowest BCUT2D eigenvalue weighted by Gasteiger charge is -2.22. The SMILES string of the molecule is O=C(NCCC1CCCNC1)c1cc(C2CC2)nc2ccc(Cl)cc12. The van der Waals surface area contributed by atoms with Crippen LogP contribution in [-0.4, -0.2) is 30.5 Å². The van der Waals surface area contributed by atoms with E-state index in [9.17, 15) is 4.79 Å². The molecule has 4 nitrogen and oxygen atoms in total. The summed E-state index contributed by atoms with van der Waals surface area (Å²) >= 11 is 6.15. The first-order valence-corrected chi connectivity index (χ1v) is 9.67. The third-order valence-corrected chi connectivity index (χ3v) is 5.50. The maximum absolute atomic E-state index is 12.8. The highest BCUT2D eigenvalue weighted by Crippen LogP contribution is 2.40. The number of hydrogen-bond acceptors (Lipinski definition) is 3. The van der Waals surface area contributed by atoms with E-state index in [1.165, 1.54) is 25.7 Å². The number of aromatic nitrogens is 1. The van der Waals surface area contributed by atoms with Crippen molar-refractivity contribution in [3.05, 3.63) is 40.5 Å². The first-order valence-electron chi connectivity index (χ1n) is 9.30. The van der Waals surface area contributed by atoms with Crippen molar-refractivity contribution >= 4 is 28.4 Å². The van der Waals surface area contributed by atoms with Crippen molar-refractivity contribution in [1.29, 1.82) is 0 Å². The molecule has 0 radical (unpaired) electrons. The van der Waals surface area contributed by atoms with Gasteiger partial charge in [-0.3, -0.25) is 9.78 Å². The van der Waals surface area contributed by atoms with Gasteiger partial charge < -0.3 is 10.6 Å². The molecule has 5 heteroatoms. The number of benzene rings is 1. The number of carbonyl (C=O) groups excluding carboxylic acids is 1. The van der Waals surface area contributed by atoms with E-state index >= 15 is 0 Å². The molecular weight excluding hydrogens is 334 g/mol. The third-order valence-electron chi connectivity index (χ3n) is 5.27. The second-order valence-corrected chi connectivity index (χ2v) is 7.72. The highest BCUT2D eigenvalue weighted by Gasteiger charge is 2.27. The Morgan fingerprint density at radius 2 is 2.16 bits per heavy atom. The maximum Gasteiger partial charge on any atom is 0.252 e. The Balaban J connectivity index is 1.51. The summed E-state index contributed by atoms with van der Waals surface area (Å²) in [5.41, 5.74) is 2.60. The number of amides is 1. The number of nitrogens with one attached hydrogen (secondary N) is 2. The molecule has 1 aromatic carbocycles. The van der Waals surface area contributed by atoms with Crippen molar-refractivity contribution in [3.63, 3.8) is 0 Å². The summed E-state index contributed by atoms with van der Waals surface area (Å²) in [4.78, 5) is 17.5. The van der Waals surface area contributed by atoms with Crippen LogP contribution in [0.25, 0.3) is 10.9 Å². The van der Waals surface area contributed by atoms with E-state index in [2.05, 4.69) is 10.6 Å². The molecule has 1 aliphatic carbocycles. The van der Waals surface area contributed by atoms with Gasteiger partial charge in [-0.2, -0.15) is 0 Å². The van der Waals surface area contributed by atoms with E-state index in [1.54, 1.807) is 0 Å². The standard InChI is InChI=1S/C20H24ClN3O/c21-15-5-6-18-16(10-15)17(11-19(24-18)14-3-4-14)20(25)23-9-7-13-2-1-8-22-12-13/h5-6,10-11,13-14,22H,1-4,7-9,12H2,(H,23,25). The molecule has 1 saturated heterocycles. The van der Waals surface area contributed by atoms with Crippen LogP contribution < -0.4 is 10.6 Å². The molecule has 1 amide bonds. The number of halogens is 1. The van der Waals surface area contributed by atoms with Gasteiger partial charge in [-0.05, 0) is 75.4 Å². The van der Waals surface area contributed by atoms with Gasteiger partial charge >= 0.3 is 0 Å². The molecule has 1 aliphatic heterocycles. The number of hydrogen-bond donors (Lipinski definition) is 2. The van der Waals surface area contributed by atoms with Crippen molar-refractivity contribution in [1.82, 2.24) is 15.6 Å². The van der Waals surface area contributed by atoms with Crippen molar-refractivity contribution in [2.24, 2.45) is 5.92 Å². The zero-order valence-corrected chi connectivity index (χ0v) is 15.1. The van der Waals surface area contributed by atoms with Gasteiger partial charge in [0.1, 0.15) is 0 Å². The lowest BCUT2D eigenvalue weighted by atomic mass is 9.96. The Morgan fingerprint density at radius 1 is 1.28 bits per heavy atom. The summed E-state index contributed by atoms with van der Waals surface area (Å²) in [7, 11) is 0. The molecule has 1 atom stereocenters. The Bertz CT molecular complexity index is 782. The number of carbonyl (C=O) groups is 1. The lowest BCUT2D eigenvalue weighted by Crippen LogP contribution is -2.33. The predicted octanol–water partition coefficient (Wildman–Crippen LogP) is 3.89. The summed E-state index contributed by atoms with van der Waals surface area (Å²) in [6.45, 7) is 2.90. The average Bonchev–Trinajstić information content (AvgIpc) is 3.47. The zero-order valence-electron chi connectivity index (χ0n) is 14.4. The van der Waals surface area contributed by atoms with E-state index < -0.39 is 0 Å². The lowest BCUT2D eigenvalue weighted by molar-refractivity contribution is 0.0952. The Hall–Kier alpha value is -1.65. The number of piperidine rings is 1. The molecule has 2 fully saturated rings. The molecule has 1 unspecified atom stereocenters. The summed E-state index contributed by atoms with van der Waals surface area (Å²) in [6, 6.07) is 7.56. The number of pyridine rings is 1. The Morgan fingerprint density at radius 3 is 2.92 bits per heavy atom. The van der Waals surface area contributed by atoms with Crippen LogP contribution in [0.15, 0.2) is 24.3 Å². The molecule has 4 rings (SSSR count). The fourth-order valence-electron chi connectivity index (χ4n) is 3.65. The van der Waals surface area contributed by atoms with Crippen LogP contribution in [0.4, 0.5) is 0 Å². The molecule has 0 bridgehead atoms. The average molecular weight is 358 g/mol. The Labute approximate surface area is 153 Å². The molecule has 2 aromatic rings. The molecule has 2 aliphatic rings. The number of fused-ring (bicyclic) bond motifs is 1. The molecule has 132 valence electrons. The first kappa shape index (κ1) is 16.8. The van der Waals surface area contributed by atoms with E-state index in [0.29, 0.717) is 29.0 Å². The Kier molecular flexibility index (Phi) is 4.91. The highest BCUT2D eigenvalue weighted by atomic mass is 35.5. The molecule has 0 spiro atoms. The van der Waals surface area contributed by atoms with Crippen molar-refractivity contribution in [3.8, 4) is 0 Å². The van der Waals surface area contributed by atoms with Crippen LogP contribution >= 0.6 is 11.6 Å². The minimum atomic E-state index is -0.0136. The molecule has 25 heavy (non-hydrogen) atoms. The second-order valence-electron chi connectivity index (χ2n) is 7.29. The van der Waals surface area contributed by atoms with Gasteiger partial charge in [-0.25, -0.2) is 0 Å². The molecule has 1 saturated carbocycles. The van der Waals surface area contributed by atoms with Crippen molar-refractivity contribution < 1.29 is 4.79 Å². The van der Waals surface area contributed by atoms with E-state index in [-0.39, 0.29) is 5.91 Å². The van der Waals surface area contributed by atoms with Crippen molar-refractivity contribution in [2.75, 3.05) is 19.6 Å². The summed E-state index contributed by atoms with van der Waals surface area (Å²) in [6.07, 6.45) is 5.85. The van der Waals surface area contributed by atoms with Gasteiger partial charge in [0.15, 0.2) is 0 Å². The highest BCUT2D eigenvalue weighted by molar-refractivity contribution is 6.31. The largest absolute Gasteiger partial charge is 0.352 e. The minimum Gasteiger partial charge on any atom is -0.352 e. The molecular formula is C20H24ClN3O. The van der Waals surface area contributed by atoms with Gasteiger partial charge in [0.2, 0.25) is 0 Å². The zero-order chi connectivity index (χ0) is 17.2. The summed E-state index contributed by atoms with van der Waals surface area (Å²) in [5.74, 6) is 1.17. The van der Waals surface area contributed by atoms with Crippen LogP contribution in [0.1, 0.15) is 54.1 Å². The van der Waals surface area contributed by atoms with Crippen LogP contribution in [0.5, 0.6) is 0 Å². The molecule has 2 N–H and O–H groups in total. The fourth-order valence-corrected chi connectivity index (χ4v) is 3.82. The third kappa shape index (κ3) is 3.96. The van der Waals surface area contributed by atoms with Crippen LogP contribution in [0.2, 0.25) is 5.02 Å². The number of nitrogens with zero attached hydrogens (tertiary/aromatic N) is 1. The van der Waals surface area contributed by atoms with Crippen LogP contribution in [0, 0.1) is 5.92 Å². The van der Waals surface area contributed by atoms with Gasteiger partial charge in [-0.1, -0.05) is 11.6 Å². The minimum absolute atomic E-state index is 0.0136. The first-order chi connectivity index (χ1) is 12.2. The normalized spacial score (nSPS) is 20.6. The summed E-state index contributed by atoms with van der Waals surface area (Å²) in [5, 5.41) is 8.01. The van der Waals surface area contributed by atoms with E-state index in [4.69, 9.17) is 16.6 Å². The van der Waals surface area contributed by atoms with Crippen molar-refractivity contribution in [2.45, 2.75) is 38.0 Å². The monoisotopic (exact) mass is 357 g/mol.